The SMILES string of the molecule is CNN1CCN(C)c2ccc(C)cc21. The molecule has 1 heterocycles. The van der Waals surface area contributed by atoms with Crippen LogP contribution in [0.2, 0.25) is 0 Å². The van der Waals surface area contributed by atoms with Gasteiger partial charge in [-0.05, 0) is 24.6 Å². The lowest BCUT2D eigenvalue weighted by Crippen LogP contribution is -2.45. The zero-order valence-corrected chi connectivity index (χ0v) is 9.04. The predicted octanol–water partition coefficient (Wildman–Crippen LogP) is 1.39. The summed E-state index contributed by atoms with van der Waals surface area (Å²) in [5.41, 5.74) is 7.10. The molecule has 0 spiro atoms. The summed E-state index contributed by atoms with van der Waals surface area (Å²) in [6, 6.07) is 6.57. The molecule has 1 aliphatic heterocycles. The smallest absolute Gasteiger partial charge is 0.0756 e. The van der Waals surface area contributed by atoms with Gasteiger partial charge in [-0.15, -0.1) is 0 Å². The highest BCUT2D eigenvalue weighted by Crippen LogP contribution is 2.31. The van der Waals surface area contributed by atoms with Gasteiger partial charge >= 0.3 is 0 Å². The number of rotatable bonds is 1. The second-order valence-corrected chi connectivity index (χ2v) is 3.79. The van der Waals surface area contributed by atoms with E-state index < -0.39 is 0 Å². The first-order chi connectivity index (χ1) is 6.72. The van der Waals surface area contributed by atoms with Crippen LogP contribution in [0, 0.1) is 6.92 Å². The number of hydrazine groups is 1. The molecule has 3 nitrogen and oxygen atoms in total. The van der Waals surface area contributed by atoms with E-state index in [0.29, 0.717) is 0 Å². The molecule has 0 saturated heterocycles. The van der Waals surface area contributed by atoms with E-state index in [0.717, 1.165) is 13.1 Å². The van der Waals surface area contributed by atoms with E-state index in [2.05, 4.69) is 47.5 Å². The average molecular weight is 191 g/mol. The number of likely N-dealkylation sites (N-methyl/N-ethyl adjacent to an activating group) is 1. The molecule has 0 bridgehead atoms. The van der Waals surface area contributed by atoms with Crippen LogP contribution >= 0.6 is 0 Å². The molecule has 0 saturated carbocycles. The molecule has 2 rings (SSSR count). The number of nitrogens with zero attached hydrogens (tertiary/aromatic N) is 2. The van der Waals surface area contributed by atoms with E-state index in [4.69, 9.17) is 0 Å². The summed E-state index contributed by atoms with van der Waals surface area (Å²) in [5, 5.41) is 2.20. The van der Waals surface area contributed by atoms with E-state index in [1.54, 1.807) is 0 Å². The fourth-order valence-electron chi connectivity index (χ4n) is 1.90. The van der Waals surface area contributed by atoms with Gasteiger partial charge < -0.3 is 9.91 Å². The number of aryl methyl sites for hydroxylation is 1. The molecular formula is C11H17N3. The molecule has 0 unspecified atom stereocenters. The normalized spacial score (nSPS) is 15.6. The molecule has 0 aromatic heterocycles. The maximum Gasteiger partial charge on any atom is 0.0756 e. The van der Waals surface area contributed by atoms with E-state index in [1.165, 1.54) is 16.9 Å². The number of nitrogens with one attached hydrogen (secondary N) is 1. The van der Waals surface area contributed by atoms with Gasteiger partial charge in [0.15, 0.2) is 0 Å². The van der Waals surface area contributed by atoms with Crippen molar-refractivity contribution in [1.82, 2.24) is 5.43 Å². The molecule has 1 aromatic rings. The van der Waals surface area contributed by atoms with Crippen LogP contribution in [0.15, 0.2) is 18.2 Å². The van der Waals surface area contributed by atoms with E-state index in [9.17, 15) is 0 Å². The first-order valence-corrected chi connectivity index (χ1v) is 4.99. The van der Waals surface area contributed by atoms with Crippen LogP contribution in [0.1, 0.15) is 5.56 Å². The fraction of sp³-hybridized carbons (Fsp3) is 0.455. The van der Waals surface area contributed by atoms with Crippen molar-refractivity contribution in [1.29, 1.82) is 0 Å². The predicted molar refractivity (Wildman–Crippen MR) is 60.9 cm³/mol. The van der Waals surface area contributed by atoms with Gasteiger partial charge in [-0.2, -0.15) is 0 Å². The number of hydrogen-bond acceptors (Lipinski definition) is 3. The first-order valence-electron chi connectivity index (χ1n) is 4.99. The Kier molecular flexibility index (Phi) is 2.33. The Morgan fingerprint density at radius 1 is 1.21 bits per heavy atom. The van der Waals surface area contributed by atoms with Crippen molar-refractivity contribution in [2.45, 2.75) is 6.92 Å². The summed E-state index contributed by atoms with van der Waals surface area (Å²) in [4.78, 5) is 2.29. The van der Waals surface area contributed by atoms with Crippen molar-refractivity contribution >= 4 is 11.4 Å². The van der Waals surface area contributed by atoms with Crippen molar-refractivity contribution < 1.29 is 0 Å². The lowest BCUT2D eigenvalue weighted by atomic mass is 10.1. The third-order valence-electron chi connectivity index (χ3n) is 2.76. The lowest BCUT2D eigenvalue weighted by molar-refractivity contribution is 0.667. The highest BCUT2D eigenvalue weighted by atomic mass is 15.5. The topological polar surface area (TPSA) is 18.5 Å². The highest BCUT2D eigenvalue weighted by Gasteiger charge is 2.18. The quantitative estimate of drug-likeness (QED) is 0.723. The van der Waals surface area contributed by atoms with Crippen molar-refractivity contribution in [2.24, 2.45) is 0 Å². The maximum absolute atomic E-state index is 3.21. The number of fused-ring (bicyclic) bond motifs is 1. The van der Waals surface area contributed by atoms with Gasteiger partial charge in [-0.1, -0.05) is 6.07 Å². The molecule has 1 aliphatic rings. The van der Waals surface area contributed by atoms with Crippen LogP contribution in [-0.4, -0.2) is 27.2 Å². The van der Waals surface area contributed by atoms with Crippen molar-refractivity contribution in [3.05, 3.63) is 23.8 Å². The Bertz CT molecular complexity index is 335. The number of benzene rings is 1. The molecule has 0 amide bonds. The van der Waals surface area contributed by atoms with E-state index in [-0.39, 0.29) is 0 Å². The molecule has 1 N–H and O–H groups in total. The monoisotopic (exact) mass is 191 g/mol. The molecule has 14 heavy (non-hydrogen) atoms. The molecular weight excluding hydrogens is 174 g/mol. The minimum absolute atomic E-state index is 1.03. The summed E-state index contributed by atoms with van der Waals surface area (Å²) in [5.74, 6) is 0. The zero-order chi connectivity index (χ0) is 10.1. The minimum atomic E-state index is 1.03. The molecule has 3 heteroatoms. The van der Waals surface area contributed by atoms with Crippen molar-refractivity contribution in [3.63, 3.8) is 0 Å². The fourth-order valence-corrected chi connectivity index (χ4v) is 1.90. The van der Waals surface area contributed by atoms with E-state index >= 15 is 0 Å². The second kappa shape index (κ2) is 3.50. The summed E-state index contributed by atoms with van der Waals surface area (Å²) in [6.07, 6.45) is 0. The molecule has 0 aliphatic carbocycles. The summed E-state index contributed by atoms with van der Waals surface area (Å²) in [6.45, 7) is 4.23. The standard InChI is InChI=1S/C11H17N3/c1-9-4-5-10-11(8-9)14(12-2)7-6-13(10)3/h4-5,8,12H,6-7H2,1-3H3. The average Bonchev–Trinajstić information content (AvgIpc) is 2.18. The van der Waals surface area contributed by atoms with Gasteiger partial charge in [0.25, 0.3) is 0 Å². The number of anilines is 2. The summed E-state index contributed by atoms with van der Waals surface area (Å²) < 4.78 is 0. The Hall–Kier alpha value is -1.22. The van der Waals surface area contributed by atoms with Crippen LogP contribution in [0.3, 0.4) is 0 Å². The molecule has 1 aromatic carbocycles. The van der Waals surface area contributed by atoms with Crippen LogP contribution in [0.5, 0.6) is 0 Å². The Balaban J connectivity index is 2.46. The summed E-state index contributed by atoms with van der Waals surface area (Å²) in [7, 11) is 4.11. The molecule has 0 fully saturated rings. The third-order valence-corrected chi connectivity index (χ3v) is 2.76. The Morgan fingerprint density at radius 2 is 2.00 bits per heavy atom. The molecule has 76 valence electrons. The van der Waals surface area contributed by atoms with Gasteiger partial charge in [0, 0.05) is 20.6 Å². The second-order valence-electron chi connectivity index (χ2n) is 3.79. The van der Waals surface area contributed by atoms with Crippen molar-refractivity contribution in [2.75, 3.05) is 37.1 Å². The van der Waals surface area contributed by atoms with Gasteiger partial charge in [-0.3, -0.25) is 0 Å². The highest BCUT2D eigenvalue weighted by molar-refractivity contribution is 5.73. The lowest BCUT2D eigenvalue weighted by Gasteiger charge is -2.36. The van der Waals surface area contributed by atoms with Crippen LogP contribution in [0.4, 0.5) is 11.4 Å². The van der Waals surface area contributed by atoms with Gasteiger partial charge in [-0.25, -0.2) is 5.43 Å². The van der Waals surface area contributed by atoms with Crippen LogP contribution < -0.4 is 15.3 Å². The van der Waals surface area contributed by atoms with Gasteiger partial charge in [0.2, 0.25) is 0 Å². The van der Waals surface area contributed by atoms with Crippen LogP contribution in [0.25, 0.3) is 0 Å². The van der Waals surface area contributed by atoms with E-state index in [1.807, 2.05) is 7.05 Å². The maximum atomic E-state index is 3.21. The van der Waals surface area contributed by atoms with Crippen LogP contribution in [-0.2, 0) is 0 Å². The zero-order valence-electron chi connectivity index (χ0n) is 9.04. The first kappa shape index (κ1) is 9.34. The summed E-state index contributed by atoms with van der Waals surface area (Å²) >= 11 is 0. The largest absolute Gasteiger partial charge is 0.371 e. The Labute approximate surface area is 85.3 Å². The molecule has 0 atom stereocenters. The number of hydrogen-bond donors (Lipinski definition) is 1. The minimum Gasteiger partial charge on any atom is -0.371 e. The Morgan fingerprint density at radius 3 is 2.71 bits per heavy atom. The van der Waals surface area contributed by atoms with Gasteiger partial charge in [0.05, 0.1) is 17.9 Å². The van der Waals surface area contributed by atoms with Crippen molar-refractivity contribution in [3.8, 4) is 0 Å². The molecule has 0 radical (unpaired) electrons. The third kappa shape index (κ3) is 1.44. The van der Waals surface area contributed by atoms with Gasteiger partial charge in [0.1, 0.15) is 0 Å².